The van der Waals surface area contributed by atoms with Gasteiger partial charge >= 0.3 is 0 Å². The number of hydrogen-bond donors (Lipinski definition) is 1. The molecule has 1 unspecified atom stereocenters. The molecule has 1 fully saturated rings. The van der Waals surface area contributed by atoms with Crippen molar-refractivity contribution in [1.82, 2.24) is 5.32 Å². The molecule has 1 atom stereocenters. The molecular weight excluding hydrogens is 190 g/mol. The van der Waals surface area contributed by atoms with Gasteiger partial charge in [0, 0.05) is 19.1 Å². The molecule has 0 aliphatic carbocycles. The molecule has 0 aromatic carbocycles. The van der Waals surface area contributed by atoms with E-state index in [-0.39, 0.29) is 0 Å². The van der Waals surface area contributed by atoms with Gasteiger partial charge in [0.15, 0.2) is 0 Å². The van der Waals surface area contributed by atoms with Gasteiger partial charge in [-0.1, -0.05) is 6.92 Å². The van der Waals surface area contributed by atoms with Gasteiger partial charge in [0.05, 0.1) is 13.2 Å². The lowest BCUT2D eigenvalue weighted by Gasteiger charge is -2.08. The Morgan fingerprint density at radius 1 is 1.33 bits per heavy atom. The first-order valence-electron chi connectivity index (χ1n) is 6.29. The van der Waals surface area contributed by atoms with Crippen molar-refractivity contribution in [2.45, 2.75) is 32.6 Å². The van der Waals surface area contributed by atoms with Crippen molar-refractivity contribution in [2.24, 2.45) is 5.92 Å². The lowest BCUT2D eigenvalue weighted by molar-refractivity contribution is 0.0874. The molecule has 1 saturated heterocycles. The minimum Gasteiger partial charge on any atom is -0.381 e. The third kappa shape index (κ3) is 6.88. The smallest absolute Gasteiger partial charge is 0.0517 e. The summed E-state index contributed by atoms with van der Waals surface area (Å²) in [6.45, 7) is 8.09. The van der Waals surface area contributed by atoms with Gasteiger partial charge in [-0.05, 0) is 38.8 Å². The summed E-state index contributed by atoms with van der Waals surface area (Å²) in [5, 5.41) is 3.39. The molecule has 3 heteroatoms. The fourth-order valence-electron chi connectivity index (χ4n) is 1.72. The first kappa shape index (κ1) is 12.9. The van der Waals surface area contributed by atoms with Crippen LogP contribution in [0.3, 0.4) is 0 Å². The lowest BCUT2D eigenvalue weighted by atomic mass is 10.1. The molecule has 0 bridgehead atoms. The van der Waals surface area contributed by atoms with Crippen LogP contribution in [0, 0.1) is 5.92 Å². The van der Waals surface area contributed by atoms with Crippen molar-refractivity contribution in [3.8, 4) is 0 Å². The van der Waals surface area contributed by atoms with E-state index in [0.29, 0.717) is 5.92 Å². The molecule has 0 aromatic heterocycles. The van der Waals surface area contributed by atoms with Crippen LogP contribution in [0.4, 0.5) is 0 Å². The van der Waals surface area contributed by atoms with Crippen LogP contribution in [-0.2, 0) is 9.47 Å². The summed E-state index contributed by atoms with van der Waals surface area (Å²) in [5.41, 5.74) is 0. The van der Waals surface area contributed by atoms with E-state index in [2.05, 4.69) is 12.2 Å². The number of nitrogens with one attached hydrogen (secondary N) is 1. The average molecular weight is 215 g/mol. The van der Waals surface area contributed by atoms with Crippen LogP contribution in [0.25, 0.3) is 0 Å². The lowest BCUT2D eigenvalue weighted by Crippen LogP contribution is -2.16. The third-order valence-electron chi connectivity index (χ3n) is 2.70. The van der Waals surface area contributed by atoms with Gasteiger partial charge in [0.2, 0.25) is 0 Å². The van der Waals surface area contributed by atoms with Gasteiger partial charge in [0.1, 0.15) is 0 Å². The molecule has 0 radical (unpaired) electrons. The van der Waals surface area contributed by atoms with Gasteiger partial charge in [-0.15, -0.1) is 0 Å². The summed E-state index contributed by atoms with van der Waals surface area (Å²) in [4.78, 5) is 0. The van der Waals surface area contributed by atoms with Crippen molar-refractivity contribution in [3.63, 3.8) is 0 Å². The van der Waals surface area contributed by atoms with Gasteiger partial charge < -0.3 is 14.8 Å². The predicted octanol–water partition coefficient (Wildman–Crippen LogP) is 1.82. The van der Waals surface area contributed by atoms with Crippen LogP contribution in [0.1, 0.15) is 32.6 Å². The molecule has 1 aliphatic rings. The van der Waals surface area contributed by atoms with Crippen molar-refractivity contribution in [3.05, 3.63) is 0 Å². The maximum atomic E-state index is 5.62. The summed E-state index contributed by atoms with van der Waals surface area (Å²) in [6.07, 6.45) is 4.79. The Morgan fingerprint density at radius 3 is 3.00 bits per heavy atom. The van der Waals surface area contributed by atoms with Crippen LogP contribution >= 0.6 is 0 Å². The average Bonchev–Trinajstić information content (AvgIpc) is 2.75. The number of hydrogen-bond acceptors (Lipinski definition) is 3. The maximum Gasteiger partial charge on any atom is 0.0517 e. The summed E-state index contributed by atoms with van der Waals surface area (Å²) in [5.74, 6) is 0.656. The highest BCUT2D eigenvalue weighted by molar-refractivity contribution is 4.62. The Kier molecular flexibility index (Phi) is 7.88. The van der Waals surface area contributed by atoms with E-state index in [1.165, 1.54) is 25.7 Å². The van der Waals surface area contributed by atoms with E-state index in [4.69, 9.17) is 9.47 Å². The molecule has 15 heavy (non-hydrogen) atoms. The standard InChI is InChI=1S/C12H25NO2/c1-2-6-13-7-3-4-8-14-10-12-5-9-15-11-12/h12-13H,2-11H2,1H3. The number of unbranched alkanes of at least 4 members (excludes halogenated alkanes) is 1. The van der Waals surface area contributed by atoms with Crippen LogP contribution in [-0.4, -0.2) is 39.5 Å². The van der Waals surface area contributed by atoms with E-state index in [1.807, 2.05) is 0 Å². The molecule has 0 saturated carbocycles. The van der Waals surface area contributed by atoms with Crippen molar-refractivity contribution >= 4 is 0 Å². The highest BCUT2D eigenvalue weighted by atomic mass is 16.5. The summed E-state index contributed by atoms with van der Waals surface area (Å²) in [6, 6.07) is 0. The first-order chi connectivity index (χ1) is 7.43. The Morgan fingerprint density at radius 2 is 2.27 bits per heavy atom. The zero-order valence-electron chi connectivity index (χ0n) is 9.96. The van der Waals surface area contributed by atoms with E-state index < -0.39 is 0 Å². The third-order valence-corrected chi connectivity index (χ3v) is 2.70. The second-order valence-corrected chi connectivity index (χ2v) is 4.26. The fourth-order valence-corrected chi connectivity index (χ4v) is 1.72. The SMILES string of the molecule is CCCNCCCCOCC1CCOC1. The summed E-state index contributed by atoms with van der Waals surface area (Å²) >= 11 is 0. The molecule has 3 nitrogen and oxygen atoms in total. The van der Waals surface area contributed by atoms with Crippen molar-refractivity contribution in [1.29, 1.82) is 0 Å². The topological polar surface area (TPSA) is 30.5 Å². The van der Waals surface area contributed by atoms with Gasteiger partial charge in [-0.25, -0.2) is 0 Å². The van der Waals surface area contributed by atoms with E-state index >= 15 is 0 Å². The van der Waals surface area contributed by atoms with Gasteiger partial charge in [0.25, 0.3) is 0 Å². The summed E-state index contributed by atoms with van der Waals surface area (Å²) < 4.78 is 10.9. The minimum atomic E-state index is 0.656. The van der Waals surface area contributed by atoms with Crippen molar-refractivity contribution < 1.29 is 9.47 Å². The van der Waals surface area contributed by atoms with Gasteiger partial charge in [-0.3, -0.25) is 0 Å². The highest BCUT2D eigenvalue weighted by Crippen LogP contribution is 2.12. The molecule has 0 amide bonds. The molecule has 90 valence electrons. The predicted molar refractivity (Wildman–Crippen MR) is 62.1 cm³/mol. The monoisotopic (exact) mass is 215 g/mol. The normalized spacial score (nSPS) is 21.0. The number of ether oxygens (including phenoxy) is 2. The molecule has 1 heterocycles. The Balaban J connectivity index is 1.73. The Hall–Kier alpha value is -0.120. The summed E-state index contributed by atoms with van der Waals surface area (Å²) in [7, 11) is 0. The first-order valence-corrected chi connectivity index (χ1v) is 6.29. The second-order valence-electron chi connectivity index (χ2n) is 4.26. The van der Waals surface area contributed by atoms with Crippen LogP contribution < -0.4 is 5.32 Å². The molecule has 0 aromatic rings. The van der Waals surface area contributed by atoms with E-state index in [1.54, 1.807) is 0 Å². The Bertz CT molecular complexity index is 136. The zero-order valence-corrected chi connectivity index (χ0v) is 9.96. The van der Waals surface area contributed by atoms with Crippen molar-refractivity contribution in [2.75, 3.05) is 39.5 Å². The minimum absolute atomic E-state index is 0.656. The second kappa shape index (κ2) is 9.13. The molecule has 1 rings (SSSR count). The molecule has 0 spiro atoms. The van der Waals surface area contributed by atoms with Crippen LogP contribution in [0.5, 0.6) is 0 Å². The van der Waals surface area contributed by atoms with Crippen LogP contribution in [0.2, 0.25) is 0 Å². The largest absolute Gasteiger partial charge is 0.381 e. The highest BCUT2D eigenvalue weighted by Gasteiger charge is 2.14. The Labute approximate surface area is 93.5 Å². The molecule has 1 N–H and O–H groups in total. The quantitative estimate of drug-likeness (QED) is 0.595. The number of rotatable bonds is 9. The van der Waals surface area contributed by atoms with Gasteiger partial charge in [-0.2, -0.15) is 0 Å². The zero-order chi connectivity index (χ0) is 10.8. The molecule has 1 aliphatic heterocycles. The van der Waals surface area contributed by atoms with E-state index in [9.17, 15) is 0 Å². The maximum absolute atomic E-state index is 5.62. The molecular formula is C12H25NO2. The fraction of sp³-hybridized carbons (Fsp3) is 1.00. The van der Waals surface area contributed by atoms with E-state index in [0.717, 1.165) is 39.5 Å². The van der Waals surface area contributed by atoms with Crippen LogP contribution in [0.15, 0.2) is 0 Å².